The van der Waals surface area contributed by atoms with Crippen LogP contribution in [0.15, 0.2) is 41.0 Å². The summed E-state index contributed by atoms with van der Waals surface area (Å²) < 4.78 is 13.5. The van der Waals surface area contributed by atoms with Gasteiger partial charge in [-0.15, -0.1) is 0 Å². The molecule has 0 radical (unpaired) electrons. The summed E-state index contributed by atoms with van der Waals surface area (Å²) in [5.74, 6) is 0.244. The van der Waals surface area contributed by atoms with E-state index in [0.717, 1.165) is 34.0 Å². The molecule has 0 aliphatic carbocycles. The van der Waals surface area contributed by atoms with E-state index in [1.54, 1.807) is 18.2 Å². The maximum Gasteiger partial charge on any atom is 0.250 e. The Morgan fingerprint density at radius 2 is 2.22 bits per heavy atom. The number of furan rings is 1. The minimum absolute atomic E-state index is 0.197. The smallest absolute Gasteiger partial charge is 0.250 e. The van der Waals surface area contributed by atoms with E-state index in [2.05, 4.69) is 19.4 Å². The third kappa shape index (κ3) is 3.61. The molecule has 3 aromatic rings. The van der Waals surface area contributed by atoms with Gasteiger partial charge in [-0.05, 0) is 49.0 Å². The number of carbonyl (C=O) groups excluding carboxylic acids is 1. The second-order valence-corrected chi connectivity index (χ2v) is 5.62. The Bertz CT molecular complexity index is 884. The molecule has 0 atom stereocenters. The topological polar surface area (TPSA) is 80.0 Å². The summed E-state index contributed by atoms with van der Waals surface area (Å²) in [7, 11) is 0. The summed E-state index contributed by atoms with van der Waals surface area (Å²) in [6.45, 7) is 1.93. The highest BCUT2D eigenvalue weighted by atomic mass is 32.1. The highest BCUT2D eigenvalue weighted by molar-refractivity contribution is 7.80. The summed E-state index contributed by atoms with van der Waals surface area (Å²) in [4.78, 5) is 11.8. The van der Waals surface area contributed by atoms with Gasteiger partial charge in [-0.3, -0.25) is 10.1 Å². The SMILES string of the molecule is Cc1ccc2nsnc2c1NC(=S)NC(=O)/C=C/c1ccco1. The molecule has 116 valence electrons. The van der Waals surface area contributed by atoms with Crippen molar-refractivity contribution in [3.63, 3.8) is 0 Å². The van der Waals surface area contributed by atoms with Crippen molar-refractivity contribution in [1.29, 1.82) is 0 Å². The third-order valence-corrected chi connectivity index (χ3v) is 3.80. The standard InChI is InChI=1S/C15H12N4O2S2/c1-9-4-6-11-14(19-23-18-11)13(9)17-15(22)16-12(20)7-5-10-3-2-8-21-10/h2-8H,1H3,(H2,16,17,20,22)/b7-5+. The van der Waals surface area contributed by atoms with Crippen LogP contribution < -0.4 is 10.6 Å². The number of carbonyl (C=O) groups is 1. The highest BCUT2D eigenvalue weighted by Crippen LogP contribution is 2.25. The van der Waals surface area contributed by atoms with E-state index >= 15 is 0 Å². The van der Waals surface area contributed by atoms with Gasteiger partial charge in [0.25, 0.3) is 0 Å². The van der Waals surface area contributed by atoms with Crippen molar-refractivity contribution in [2.24, 2.45) is 0 Å². The van der Waals surface area contributed by atoms with Crippen LogP contribution in [0.4, 0.5) is 5.69 Å². The summed E-state index contributed by atoms with van der Waals surface area (Å²) >= 11 is 6.31. The molecule has 1 aromatic carbocycles. The summed E-state index contributed by atoms with van der Waals surface area (Å²) in [6.07, 6.45) is 4.45. The van der Waals surface area contributed by atoms with Crippen LogP contribution in [-0.2, 0) is 4.79 Å². The number of nitrogens with one attached hydrogen (secondary N) is 2. The molecule has 1 amide bonds. The maximum absolute atomic E-state index is 11.8. The quantitative estimate of drug-likeness (QED) is 0.561. The molecule has 0 saturated heterocycles. The first-order valence-corrected chi connectivity index (χ1v) is 7.83. The zero-order valence-electron chi connectivity index (χ0n) is 12.1. The maximum atomic E-state index is 11.8. The Kier molecular flexibility index (Phi) is 4.45. The average molecular weight is 344 g/mol. The number of nitrogens with zero attached hydrogens (tertiary/aromatic N) is 2. The van der Waals surface area contributed by atoms with Crippen LogP contribution in [0.25, 0.3) is 17.1 Å². The largest absolute Gasteiger partial charge is 0.465 e. The van der Waals surface area contributed by atoms with E-state index in [1.165, 1.54) is 12.3 Å². The molecule has 2 aromatic heterocycles. The molecular formula is C15H12N4O2S2. The Morgan fingerprint density at radius 1 is 1.35 bits per heavy atom. The van der Waals surface area contributed by atoms with Crippen molar-refractivity contribution < 1.29 is 9.21 Å². The molecule has 6 nitrogen and oxygen atoms in total. The number of aromatic nitrogens is 2. The van der Waals surface area contributed by atoms with E-state index in [0.29, 0.717) is 5.76 Å². The second-order valence-electron chi connectivity index (χ2n) is 4.68. The van der Waals surface area contributed by atoms with Crippen LogP contribution in [-0.4, -0.2) is 19.8 Å². The first-order chi connectivity index (χ1) is 11.1. The van der Waals surface area contributed by atoms with Gasteiger partial charge in [-0.1, -0.05) is 6.07 Å². The number of benzene rings is 1. The van der Waals surface area contributed by atoms with Crippen LogP contribution in [0.2, 0.25) is 0 Å². The minimum atomic E-state index is -0.347. The number of rotatable bonds is 3. The van der Waals surface area contributed by atoms with E-state index < -0.39 is 0 Å². The van der Waals surface area contributed by atoms with Crippen LogP contribution in [0.5, 0.6) is 0 Å². The van der Waals surface area contributed by atoms with Crippen LogP contribution in [0.1, 0.15) is 11.3 Å². The summed E-state index contributed by atoms with van der Waals surface area (Å²) in [5.41, 5.74) is 3.23. The van der Waals surface area contributed by atoms with Crippen molar-refractivity contribution in [2.45, 2.75) is 6.92 Å². The van der Waals surface area contributed by atoms with Gasteiger partial charge in [0.05, 0.1) is 23.7 Å². The summed E-state index contributed by atoms with van der Waals surface area (Å²) in [6, 6.07) is 7.31. The molecule has 2 N–H and O–H groups in total. The Balaban J connectivity index is 1.68. The zero-order valence-corrected chi connectivity index (χ0v) is 13.7. The van der Waals surface area contributed by atoms with E-state index in [9.17, 15) is 4.79 Å². The van der Waals surface area contributed by atoms with Crippen molar-refractivity contribution in [2.75, 3.05) is 5.32 Å². The average Bonchev–Trinajstić information content (AvgIpc) is 3.19. The molecule has 0 spiro atoms. The first kappa shape index (κ1) is 15.3. The molecule has 0 aliphatic rings. The normalized spacial score (nSPS) is 11.0. The zero-order chi connectivity index (χ0) is 16.2. The summed E-state index contributed by atoms with van der Waals surface area (Å²) in [5, 5.41) is 5.79. The lowest BCUT2D eigenvalue weighted by molar-refractivity contribution is -0.115. The predicted octanol–water partition coefficient (Wildman–Crippen LogP) is 3.12. The van der Waals surface area contributed by atoms with Gasteiger partial charge < -0.3 is 9.73 Å². The van der Waals surface area contributed by atoms with Crippen LogP contribution >= 0.6 is 23.9 Å². The molecule has 0 fully saturated rings. The molecule has 0 aliphatic heterocycles. The third-order valence-electron chi connectivity index (χ3n) is 3.05. The molecule has 0 unspecified atom stereocenters. The van der Waals surface area contributed by atoms with Crippen molar-refractivity contribution >= 4 is 57.8 Å². The van der Waals surface area contributed by atoms with Crippen molar-refractivity contribution in [3.05, 3.63) is 47.9 Å². The molecule has 2 heterocycles. The number of fused-ring (bicyclic) bond motifs is 1. The molecular weight excluding hydrogens is 332 g/mol. The lowest BCUT2D eigenvalue weighted by atomic mass is 10.1. The lowest BCUT2D eigenvalue weighted by Crippen LogP contribution is -2.33. The fraction of sp³-hybridized carbons (Fsp3) is 0.0667. The van der Waals surface area contributed by atoms with E-state index in [4.69, 9.17) is 16.6 Å². The Morgan fingerprint density at radius 3 is 3.00 bits per heavy atom. The van der Waals surface area contributed by atoms with Gasteiger partial charge in [-0.25, -0.2) is 0 Å². The first-order valence-electron chi connectivity index (χ1n) is 6.69. The highest BCUT2D eigenvalue weighted by Gasteiger charge is 2.10. The van der Waals surface area contributed by atoms with Crippen molar-refractivity contribution in [3.8, 4) is 0 Å². The minimum Gasteiger partial charge on any atom is -0.465 e. The number of thiocarbonyl (C=S) groups is 1. The van der Waals surface area contributed by atoms with Gasteiger partial charge in [-0.2, -0.15) is 8.75 Å². The van der Waals surface area contributed by atoms with Gasteiger partial charge in [0.15, 0.2) is 5.11 Å². The Labute approximate surface area is 141 Å². The van der Waals surface area contributed by atoms with Gasteiger partial charge >= 0.3 is 0 Å². The fourth-order valence-electron chi connectivity index (χ4n) is 1.95. The molecule has 0 bridgehead atoms. The fourth-order valence-corrected chi connectivity index (χ4v) is 2.70. The number of hydrogen-bond donors (Lipinski definition) is 2. The Hall–Kier alpha value is -2.58. The monoisotopic (exact) mass is 344 g/mol. The lowest BCUT2D eigenvalue weighted by Gasteiger charge is -2.10. The van der Waals surface area contributed by atoms with Gasteiger partial charge in [0.1, 0.15) is 16.8 Å². The molecule has 8 heteroatoms. The van der Waals surface area contributed by atoms with Crippen molar-refractivity contribution in [1.82, 2.24) is 14.1 Å². The number of anilines is 1. The number of aryl methyl sites for hydroxylation is 1. The number of hydrogen-bond acceptors (Lipinski definition) is 6. The number of amides is 1. The second kappa shape index (κ2) is 6.67. The van der Waals surface area contributed by atoms with Crippen LogP contribution in [0, 0.1) is 6.92 Å². The molecule has 3 rings (SSSR count). The van der Waals surface area contributed by atoms with Gasteiger partial charge in [0, 0.05) is 6.08 Å². The molecule has 23 heavy (non-hydrogen) atoms. The predicted molar refractivity (Wildman–Crippen MR) is 94.3 cm³/mol. The van der Waals surface area contributed by atoms with Gasteiger partial charge in [0.2, 0.25) is 5.91 Å². The van der Waals surface area contributed by atoms with E-state index in [-0.39, 0.29) is 11.0 Å². The van der Waals surface area contributed by atoms with E-state index in [1.807, 2.05) is 19.1 Å². The molecule has 0 saturated carbocycles. The van der Waals surface area contributed by atoms with Crippen LogP contribution in [0.3, 0.4) is 0 Å².